The van der Waals surface area contributed by atoms with Crippen LogP contribution in [-0.4, -0.2) is 24.5 Å². The SMILES string of the molecule is C=CCCc1ccccc1OC.CC.CCN1CCc2c(Cl)cc(C)cc2S1. The summed E-state index contributed by atoms with van der Waals surface area (Å²) in [4.78, 5) is 1.34. The fourth-order valence-corrected chi connectivity index (χ4v) is 4.45. The number of hydrogen-bond donors (Lipinski definition) is 0. The minimum atomic E-state index is 0.934. The zero-order valence-electron chi connectivity index (χ0n) is 17.9. The van der Waals surface area contributed by atoms with Crippen LogP contribution in [0.3, 0.4) is 0 Å². The standard InChI is InChI=1S/C11H14ClNS.C11H14O.C2H6/c1-3-13-5-4-9-10(12)6-8(2)7-11(9)14-13;1-3-4-7-10-8-5-6-9-11(10)12-2;1-2/h6-7H,3-5H2,1-2H3;3,5-6,8-9H,1,4,7H2,2H3;1-2H3. The van der Waals surface area contributed by atoms with Gasteiger partial charge in [-0.3, -0.25) is 0 Å². The monoisotopic (exact) mass is 419 g/mol. The van der Waals surface area contributed by atoms with E-state index in [4.69, 9.17) is 16.3 Å². The third-order valence-electron chi connectivity index (χ3n) is 4.30. The molecule has 1 aliphatic heterocycles. The summed E-state index contributed by atoms with van der Waals surface area (Å²) in [6, 6.07) is 12.4. The number of aryl methyl sites for hydroxylation is 2. The summed E-state index contributed by atoms with van der Waals surface area (Å²) >= 11 is 8.04. The van der Waals surface area contributed by atoms with Gasteiger partial charge in [0.2, 0.25) is 0 Å². The Bertz CT molecular complexity index is 733. The van der Waals surface area contributed by atoms with Crippen molar-refractivity contribution in [1.82, 2.24) is 4.31 Å². The molecule has 1 aliphatic rings. The van der Waals surface area contributed by atoms with E-state index >= 15 is 0 Å². The molecule has 2 aromatic rings. The van der Waals surface area contributed by atoms with Crippen molar-refractivity contribution in [3.8, 4) is 5.75 Å². The highest BCUT2D eigenvalue weighted by Gasteiger charge is 2.18. The molecule has 0 radical (unpaired) electrons. The van der Waals surface area contributed by atoms with Crippen LogP contribution in [0, 0.1) is 6.92 Å². The number of fused-ring (bicyclic) bond motifs is 1. The number of para-hydroxylation sites is 1. The maximum atomic E-state index is 6.21. The number of methoxy groups -OCH3 is 1. The molecule has 0 fully saturated rings. The van der Waals surface area contributed by atoms with Gasteiger partial charge in [0.1, 0.15) is 5.75 Å². The Kier molecular flexibility index (Phi) is 12.1. The van der Waals surface area contributed by atoms with Crippen molar-refractivity contribution in [3.05, 3.63) is 70.8 Å². The fraction of sp³-hybridized carbons (Fsp3) is 0.417. The van der Waals surface area contributed by atoms with E-state index in [1.54, 1.807) is 7.11 Å². The van der Waals surface area contributed by atoms with E-state index in [9.17, 15) is 0 Å². The number of ether oxygens (including phenoxy) is 1. The van der Waals surface area contributed by atoms with Gasteiger partial charge in [-0.25, -0.2) is 4.31 Å². The summed E-state index contributed by atoms with van der Waals surface area (Å²) in [5.41, 5.74) is 3.83. The summed E-state index contributed by atoms with van der Waals surface area (Å²) in [5.74, 6) is 0.972. The van der Waals surface area contributed by atoms with Gasteiger partial charge < -0.3 is 4.74 Å². The molecule has 0 aliphatic carbocycles. The predicted octanol–water partition coefficient (Wildman–Crippen LogP) is 7.37. The summed E-state index contributed by atoms with van der Waals surface area (Å²) < 4.78 is 7.58. The van der Waals surface area contributed by atoms with Gasteiger partial charge in [-0.2, -0.15) is 0 Å². The van der Waals surface area contributed by atoms with Crippen molar-refractivity contribution in [2.45, 2.75) is 51.9 Å². The second kappa shape index (κ2) is 13.7. The largest absolute Gasteiger partial charge is 0.496 e. The lowest BCUT2D eigenvalue weighted by atomic mass is 10.1. The molecule has 0 spiro atoms. The first-order valence-corrected chi connectivity index (χ1v) is 11.2. The molecule has 2 aromatic carbocycles. The average molecular weight is 420 g/mol. The van der Waals surface area contributed by atoms with Crippen molar-refractivity contribution in [1.29, 1.82) is 0 Å². The van der Waals surface area contributed by atoms with Crippen molar-refractivity contribution in [2.24, 2.45) is 0 Å². The topological polar surface area (TPSA) is 12.5 Å². The molecule has 3 rings (SSSR count). The maximum absolute atomic E-state index is 6.21. The lowest BCUT2D eigenvalue weighted by molar-refractivity contribution is 0.409. The Morgan fingerprint density at radius 1 is 1.25 bits per heavy atom. The van der Waals surface area contributed by atoms with Gasteiger partial charge in [0.05, 0.1) is 7.11 Å². The third-order valence-corrected chi connectivity index (χ3v) is 5.90. The Morgan fingerprint density at radius 3 is 2.61 bits per heavy atom. The number of halogens is 1. The minimum absolute atomic E-state index is 0.934. The number of hydrogen-bond acceptors (Lipinski definition) is 3. The quantitative estimate of drug-likeness (QED) is 0.370. The average Bonchev–Trinajstić information content (AvgIpc) is 2.73. The van der Waals surface area contributed by atoms with E-state index in [1.807, 2.05) is 50.1 Å². The second-order valence-corrected chi connectivity index (χ2v) is 7.77. The molecule has 0 amide bonds. The predicted molar refractivity (Wildman–Crippen MR) is 126 cm³/mol. The smallest absolute Gasteiger partial charge is 0.122 e. The first-order chi connectivity index (χ1) is 13.6. The summed E-state index contributed by atoms with van der Waals surface area (Å²) in [7, 11) is 1.70. The molecular formula is C24H34ClNOS. The van der Waals surface area contributed by atoms with E-state index in [0.29, 0.717) is 0 Å². The highest BCUT2D eigenvalue weighted by Crippen LogP contribution is 2.36. The van der Waals surface area contributed by atoms with Crippen molar-refractivity contribution < 1.29 is 4.74 Å². The molecule has 0 aromatic heterocycles. The first-order valence-electron chi connectivity index (χ1n) is 10.0. The zero-order valence-corrected chi connectivity index (χ0v) is 19.5. The van der Waals surface area contributed by atoms with Gasteiger partial charge >= 0.3 is 0 Å². The van der Waals surface area contributed by atoms with Gasteiger partial charge in [-0.05, 0) is 73.0 Å². The summed E-state index contributed by atoms with van der Waals surface area (Å²) in [5, 5.41) is 0.934. The van der Waals surface area contributed by atoms with E-state index in [-0.39, 0.29) is 0 Å². The molecule has 154 valence electrons. The van der Waals surface area contributed by atoms with Crippen LogP contribution in [0.15, 0.2) is 53.9 Å². The molecule has 0 N–H and O–H groups in total. The van der Waals surface area contributed by atoms with Gasteiger partial charge in [0, 0.05) is 23.0 Å². The molecule has 1 heterocycles. The second-order valence-electron chi connectivity index (χ2n) is 6.23. The van der Waals surface area contributed by atoms with Gasteiger partial charge in [0.25, 0.3) is 0 Å². The zero-order chi connectivity index (χ0) is 20.9. The molecule has 0 saturated heterocycles. The Hall–Kier alpha value is -1.42. The molecule has 0 bridgehead atoms. The number of likely N-dealkylation sites (N-methyl/N-ethyl adjacent to an activating group) is 1. The highest BCUT2D eigenvalue weighted by atomic mass is 35.5. The van der Waals surface area contributed by atoms with Crippen molar-refractivity contribution in [2.75, 3.05) is 20.2 Å². The van der Waals surface area contributed by atoms with Crippen LogP contribution in [0.2, 0.25) is 5.02 Å². The summed E-state index contributed by atoms with van der Waals surface area (Å²) in [6.07, 6.45) is 5.01. The lowest BCUT2D eigenvalue weighted by Crippen LogP contribution is -2.22. The Morgan fingerprint density at radius 2 is 1.96 bits per heavy atom. The molecule has 0 saturated carbocycles. The van der Waals surface area contributed by atoms with Gasteiger partial charge in [-0.15, -0.1) is 6.58 Å². The van der Waals surface area contributed by atoms with Crippen LogP contribution in [0.5, 0.6) is 5.75 Å². The van der Waals surface area contributed by atoms with Crippen LogP contribution in [0.4, 0.5) is 0 Å². The molecule has 0 atom stereocenters. The lowest BCUT2D eigenvalue weighted by Gasteiger charge is -2.27. The molecule has 28 heavy (non-hydrogen) atoms. The van der Waals surface area contributed by atoms with Crippen LogP contribution in [-0.2, 0) is 12.8 Å². The highest BCUT2D eigenvalue weighted by molar-refractivity contribution is 7.97. The van der Waals surface area contributed by atoms with Crippen molar-refractivity contribution in [3.63, 3.8) is 0 Å². The number of allylic oxidation sites excluding steroid dienone is 1. The fourth-order valence-electron chi connectivity index (χ4n) is 2.88. The number of rotatable bonds is 5. The van der Waals surface area contributed by atoms with E-state index < -0.39 is 0 Å². The van der Waals surface area contributed by atoms with Crippen LogP contribution in [0.1, 0.15) is 43.9 Å². The first kappa shape index (κ1) is 24.6. The molecule has 0 unspecified atom stereocenters. The molecular weight excluding hydrogens is 386 g/mol. The number of nitrogens with zero attached hydrogens (tertiary/aromatic N) is 1. The molecule has 2 nitrogen and oxygen atoms in total. The van der Waals surface area contributed by atoms with Gasteiger partial charge in [-0.1, -0.05) is 56.6 Å². The summed E-state index contributed by atoms with van der Waals surface area (Å²) in [6.45, 7) is 14.2. The van der Waals surface area contributed by atoms with Crippen LogP contribution in [0.25, 0.3) is 0 Å². The van der Waals surface area contributed by atoms with Gasteiger partial charge in [0.15, 0.2) is 0 Å². The van der Waals surface area contributed by atoms with E-state index in [1.165, 1.54) is 21.6 Å². The van der Waals surface area contributed by atoms with Crippen molar-refractivity contribution >= 4 is 23.5 Å². The minimum Gasteiger partial charge on any atom is -0.496 e. The number of benzene rings is 2. The maximum Gasteiger partial charge on any atom is 0.122 e. The molecule has 4 heteroatoms. The Labute approximate surface area is 181 Å². The van der Waals surface area contributed by atoms with E-state index in [2.05, 4.69) is 42.9 Å². The van der Waals surface area contributed by atoms with Crippen LogP contribution >= 0.6 is 23.5 Å². The van der Waals surface area contributed by atoms with E-state index in [0.717, 1.165) is 43.1 Å². The van der Waals surface area contributed by atoms with Crippen LogP contribution < -0.4 is 4.74 Å². The normalized spacial score (nSPS) is 12.6. The third kappa shape index (κ3) is 7.54. The Balaban J connectivity index is 0.000000260.